The Balaban J connectivity index is 2.33. The van der Waals surface area contributed by atoms with Crippen molar-refractivity contribution >= 4 is 73.7 Å². The van der Waals surface area contributed by atoms with E-state index in [-0.39, 0.29) is 18.6 Å². The molecule has 6 heteroatoms. The van der Waals surface area contributed by atoms with Crippen LogP contribution in [-0.2, 0) is 0 Å². The summed E-state index contributed by atoms with van der Waals surface area (Å²) in [4.78, 5) is 14.5. The van der Waals surface area contributed by atoms with E-state index < -0.39 is 0 Å². The van der Waals surface area contributed by atoms with Crippen molar-refractivity contribution in [2.75, 3.05) is 13.2 Å². The fourth-order valence-corrected chi connectivity index (χ4v) is 4.71. The maximum atomic E-state index is 12.7. The number of benzene rings is 1. The average molecular weight is 597 g/mol. The van der Waals surface area contributed by atoms with Crippen LogP contribution in [0.25, 0.3) is 0 Å². The first-order chi connectivity index (χ1) is 9.04. The SMILES string of the molecule is O=C(c1cc(I)cc(I)c1I)N1CCCCC1CO. The van der Waals surface area contributed by atoms with Crippen molar-refractivity contribution < 1.29 is 9.90 Å². The van der Waals surface area contributed by atoms with Gasteiger partial charge in [-0.1, -0.05) is 0 Å². The van der Waals surface area contributed by atoms with E-state index in [0.29, 0.717) is 0 Å². The summed E-state index contributed by atoms with van der Waals surface area (Å²) >= 11 is 6.73. The summed E-state index contributed by atoms with van der Waals surface area (Å²) in [5, 5.41) is 9.44. The van der Waals surface area contributed by atoms with Gasteiger partial charge < -0.3 is 10.0 Å². The highest BCUT2D eigenvalue weighted by atomic mass is 127. The van der Waals surface area contributed by atoms with Gasteiger partial charge in [0.1, 0.15) is 0 Å². The van der Waals surface area contributed by atoms with Crippen LogP contribution in [-0.4, -0.2) is 35.1 Å². The predicted octanol–water partition coefficient (Wildman–Crippen LogP) is 3.49. The second kappa shape index (κ2) is 7.21. The zero-order valence-electron chi connectivity index (χ0n) is 10.2. The van der Waals surface area contributed by atoms with E-state index in [9.17, 15) is 9.90 Å². The molecular formula is C13H14I3NO2. The van der Waals surface area contributed by atoms with Gasteiger partial charge in [0.05, 0.1) is 18.2 Å². The molecule has 0 saturated carbocycles. The van der Waals surface area contributed by atoms with E-state index in [1.807, 2.05) is 11.0 Å². The first-order valence-electron chi connectivity index (χ1n) is 6.11. The summed E-state index contributed by atoms with van der Waals surface area (Å²) in [5.41, 5.74) is 0.761. The number of carbonyl (C=O) groups excluding carboxylic acids is 1. The summed E-state index contributed by atoms with van der Waals surface area (Å²) in [6, 6.07) is 3.99. The Kier molecular flexibility index (Phi) is 6.15. The van der Waals surface area contributed by atoms with Crippen molar-refractivity contribution in [2.24, 2.45) is 0 Å². The average Bonchev–Trinajstić information content (AvgIpc) is 2.42. The van der Waals surface area contributed by atoms with Gasteiger partial charge in [-0.15, -0.1) is 0 Å². The molecule has 1 saturated heterocycles. The van der Waals surface area contributed by atoms with Crippen LogP contribution in [0.3, 0.4) is 0 Å². The summed E-state index contributed by atoms with van der Waals surface area (Å²) in [5.74, 6) is 0.0552. The monoisotopic (exact) mass is 597 g/mol. The molecule has 1 aliphatic rings. The molecule has 1 aliphatic heterocycles. The van der Waals surface area contributed by atoms with Crippen molar-refractivity contribution in [1.29, 1.82) is 0 Å². The van der Waals surface area contributed by atoms with Crippen LogP contribution in [0.1, 0.15) is 29.6 Å². The molecule has 104 valence electrons. The normalized spacial score (nSPS) is 19.6. The smallest absolute Gasteiger partial charge is 0.255 e. The Morgan fingerprint density at radius 3 is 2.74 bits per heavy atom. The zero-order chi connectivity index (χ0) is 14.0. The number of carbonyl (C=O) groups is 1. The molecule has 0 aliphatic carbocycles. The van der Waals surface area contributed by atoms with Crippen LogP contribution in [0, 0.1) is 10.7 Å². The molecule has 3 nitrogen and oxygen atoms in total. The number of likely N-dealkylation sites (tertiary alicyclic amines) is 1. The lowest BCUT2D eigenvalue weighted by atomic mass is 10.0. The van der Waals surface area contributed by atoms with Gasteiger partial charge in [-0.25, -0.2) is 0 Å². The van der Waals surface area contributed by atoms with Crippen LogP contribution in [0.2, 0.25) is 0 Å². The van der Waals surface area contributed by atoms with Crippen molar-refractivity contribution in [3.05, 3.63) is 28.4 Å². The molecule has 1 unspecified atom stereocenters. The molecule has 1 fully saturated rings. The maximum Gasteiger partial charge on any atom is 0.255 e. The molecule has 1 heterocycles. The number of hydrogen-bond donors (Lipinski definition) is 1. The zero-order valence-corrected chi connectivity index (χ0v) is 16.7. The number of aliphatic hydroxyl groups excluding tert-OH is 1. The maximum absolute atomic E-state index is 12.7. The van der Waals surface area contributed by atoms with E-state index in [2.05, 4.69) is 73.8 Å². The van der Waals surface area contributed by atoms with Gasteiger partial charge in [0.25, 0.3) is 5.91 Å². The van der Waals surface area contributed by atoms with Crippen LogP contribution in [0.5, 0.6) is 0 Å². The van der Waals surface area contributed by atoms with Gasteiger partial charge in [0, 0.05) is 17.3 Å². The molecule has 2 rings (SSSR count). The van der Waals surface area contributed by atoms with E-state index in [1.54, 1.807) is 0 Å². The lowest BCUT2D eigenvalue weighted by Gasteiger charge is -2.35. The molecule has 0 aromatic heterocycles. The van der Waals surface area contributed by atoms with Gasteiger partial charge in [-0.2, -0.15) is 0 Å². The van der Waals surface area contributed by atoms with E-state index in [0.717, 1.165) is 42.1 Å². The Morgan fingerprint density at radius 1 is 1.32 bits per heavy atom. The molecule has 0 radical (unpaired) electrons. The second-order valence-electron chi connectivity index (χ2n) is 4.58. The summed E-state index contributed by atoms with van der Waals surface area (Å²) in [7, 11) is 0. The Labute approximate surface area is 153 Å². The lowest BCUT2D eigenvalue weighted by molar-refractivity contribution is 0.0502. The van der Waals surface area contributed by atoms with Crippen LogP contribution in [0.4, 0.5) is 0 Å². The van der Waals surface area contributed by atoms with Crippen molar-refractivity contribution in [3.8, 4) is 0 Å². The fraction of sp³-hybridized carbons (Fsp3) is 0.462. The van der Waals surface area contributed by atoms with E-state index in [1.165, 1.54) is 0 Å². The van der Waals surface area contributed by atoms with E-state index >= 15 is 0 Å². The predicted molar refractivity (Wildman–Crippen MR) is 100 cm³/mol. The minimum atomic E-state index is -0.0208. The number of rotatable bonds is 2. The number of aliphatic hydroxyl groups is 1. The molecule has 1 aromatic rings. The van der Waals surface area contributed by atoms with Gasteiger partial charge >= 0.3 is 0 Å². The minimum absolute atomic E-state index is 0.0208. The first kappa shape index (κ1) is 16.2. The summed E-state index contributed by atoms with van der Waals surface area (Å²) in [6.07, 6.45) is 3.02. The molecule has 1 atom stereocenters. The quantitative estimate of drug-likeness (QED) is 0.420. The molecule has 19 heavy (non-hydrogen) atoms. The fourth-order valence-electron chi connectivity index (χ4n) is 2.32. The third-order valence-electron chi connectivity index (χ3n) is 3.32. The van der Waals surface area contributed by atoms with Crippen molar-refractivity contribution in [1.82, 2.24) is 4.90 Å². The van der Waals surface area contributed by atoms with E-state index in [4.69, 9.17) is 0 Å². The molecule has 1 N–H and O–H groups in total. The standard InChI is InChI=1S/C13H14I3NO2/c14-8-5-10(12(16)11(15)6-8)13(19)17-4-2-1-3-9(17)7-18/h5-6,9,18H,1-4,7H2. The summed E-state index contributed by atoms with van der Waals surface area (Å²) < 4.78 is 3.18. The third kappa shape index (κ3) is 3.73. The molecule has 1 aromatic carbocycles. The molecular weight excluding hydrogens is 583 g/mol. The highest BCUT2D eigenvalue weighted by Crippen LogP contribution is 2.26. The molecule has 0 bridgehead atoms. The topological polar surface area (TPSA) is 40.5 Å². The molecule has 1 amide bonds. The van der Waals surface area contributed by atoms with Crippen molar-refractivity contribution in [3.63, 3.8) is 0 Å². The number of piperidine rings is 1. The Morgan fingerprint density at radius 2 is 2.05 bits per heavy atom. The Hall–Kier alpha value is 0.840. The van der Waals surface area contributed by atoms with Gasteiger partial charge in [-0.3, -0.25) is 4.79 Å². The minimum Gasteiger partial charge on any atom is -0.394 e. The second-order valence-corrected chi connectivity index (χ2v) is 8.07. The summed E-state index contributed by atoms with van der Waals surface area (Å²) in [6.45, 7) is 0.811. The highest BCUT2D eigenvalue weighted by Gasteiger charge is 2.28. The van der Waals surface area contributed by atoms with Crippen LogP contribution >= 0.6 is 67.8 Å². The van der Waals surface area contributed by atoms with Gasteiger partial charge in [0.2, 0.25) is 0 Å². The van der Waals surface area contributed by atoms with Crippen molar-refractivity contribution in [2.45, 2.75) is 25.3 Å². The number of halogens is 3. The lowest BCUT2D eigenvalue weighted by Crippen LogP contribution is -2.45. The van der Waals surface area contributed by atoms with Crippen LogP contribution < -0.4 is 0 Å². The first-order valence-corrected chi connectivity index (χ1v) is 9.34. The number of nitrogens with zero attached hydrogens (tertiary/aromatic N) is 1. The Bertz CT molecular complexity index is 493. The largest absolute Gasteiger partial charge is 0.394 e. The third-order valence-corrected chi connectivity index (χ3v) is 6.99. The number of amides is 1. The molecule has 0 spiro atoms. The van der Waals surface area contributed by atoms with Gasteiger partial charge in [-0.05, 0) is 99.2 Å². The number of hydrogen-bond acceptors (Lipinski definition) is 2. The van der Waals surface area contributed by atoms with Gasteiger partial charge in [0.15, 0.2) is 0 Å². The highest BCUT2D eigenvalue weighted by molar-refractivity contribution is 14.1. The van der Waals surface area contributed by atoms with Crippen LogP contribution in [0.15, 0.2) is 12.1 Å².